The van der Waals surface area contributed by atoms with Crippen LogP contribution >= 0.6 is 0 Å². The second kappa shape index (κ2) is 5.86. The Morgan fingerprint density at radius 1 is 1.26 bits per heavy atom. The Bertz CT molecular complexity index is 561. The fourth-order valence-corrected chi connectivity index (χ4v) is 2.13. The number of carbonyl (C=O) groups is 1. The zero-order valence-corrected chi connectivity index (χ0v) is 11.3. The Morgan fingerprint density at radius 3 is 2.68 bits per heavy atom. The lowest BCUT2D eigenvalue weighted by Gasteiger charge is -2.22. The molecule has 102 valence electrons. The number of aromatic amines is 1. The summed E-state index contributed by atoms with van der Waals surface area (Å²) in [6.45, 7) is 1.84. The number of hydrogen-bond donors (Lipinski definition) is 2. The van der Waals surface area contributed by atoms with Crippen LogP contribution in [0.3, 0.4) is 0 Å². The normalized spacial score (nSPS) is 12.8. The van der Waals surface area contributed by atoms with Crippen LogP contribution in [0.5, 0.6) is 0 Å². The molecule has 1 aromatic heterocycles. The van der Waals surface area contributed by atoms with Crippen LogP contribution in [-0.4, -0.2) is 37.4 Å². The van der Waals surface area contributed by atoms with Gasteiger partial charge in [0.2, 0.25) is 0 Å². The Kier molecular flexibility index (Phi) is 4.19. The summed E-state index contributed by atoms with van der Waals surface area (Å²) in [7, 11) is 3.09. The number of methoxy groups -OCH3 is 2. The van der Waals surface area contributed by atoms with Crippen molar-refractivity contribution >= 4 is 16.8 Å². The zero-order valence-electron chi connectivity index (χ0n) is 11.3. The highest BCUT2D eigenvalue weighted by Gasteiger charge is 2.19. The quantitative estimate of drug-likeness (QED) is 0.809. The lowest BCUT2D eigenvalue weighted by atomic mass is 10.1. The van der Waals surface area contributed by atoms with Crippen LogP contribution in [0, 0.1) is 0 Å². The van der Waals surface area contributed by atoms with Crippen LogP contribution in [0.1, 0.15) is 17.3 Å². The maximum atomic E-state index is 12.3. The van der Waals surface area contributed by atoms with Gasteiger partial charge in [0.15, 0.2) is 6.29 Å². The van der Waals surface area contributed by atoms with Gasteiger partial charge >= 0.3 is 0 Å². The minimum Gasteiger partial charge on any atom is -0.361 e. The summed E-state index contributed by atoms with van der Waals surface area (Å²) in [5, 5.41) is 3.88. The van der Waals surface area contributed by atoms with E-state index in [0.717, 1.165) is 10.9 Å². The van der Waals surface area contributed by atoms with Gasteiger partial charge in [0, 0.05) is 25.8 Å². The minimum atomic E-state index is -0.466. The molecule has 1 unspecified atom stereocenters. The number of hydrogen-bond acceptors (Lipinski definition) is 3. The van der Waals surface area contributed by atoms with Gasteiger partial charge in [-0.1, -0.05) is 12.1 Å². The number of nitrogens with one attached hydrogen (secondary N) is 2. The predicted molar refractivity (Wildman–Crippen MR) is 73.0 cm³/mol. The van der Waals surface area contributed by atoms with Crippen molar-refractivity contribution in [2.75, 3.05) is 14.2 Å². The van der Waals surface area contributed by atoms with E-state index in [1.54, 1.807) is 20.3 Å². The van der Waals surface area contributed by atoms with E-state index in [9.17, 15) is 4.79 Å². The molecule has 0 saturated heterocycles. The van der Waals surface area contributed by atoms with E-state index < -0.39 is 6.29 Å². The summed E-state index contributed by atoms with van der Waals surface area (Å²) in [5.74, 6) is -0.153. The van der Waals surface area contributed by atoms with Gasteiger partial charge < -0.3 is 19.8 Å². The van der Waals surface area contributed by atoms with Crippen molar-refractivity contribution in [3.05, 3.63) is 36.0 Å². The lowest BCUT2D eigenvalue weighted by Crippen LogP contribution is -2.43. The molecule has 19 heavy (non-hydrogen) atoms. The number of rotatable bonds is 5. The Balaban J connectivity index is 2.18. The molecule has 2 rings (SSSR count). The number of benzene rings is 1. The molecular formula is C14H18N2O3. The highest BCUT2D eigenvalue weighted by atomic mass is 16.7. The molecule has 0 fully saturated rings. The molecule has 1 atom stereocenters. The molecule has 1 aromatic carbocycles. The third-order valence-electron chi connectivity index (χ3n) is 3.06. The number of aromatic nitrogens is 1. The first-order valence-corrected chi connectivity index (χ1v) is 6.10. The smallest absolute Gasteiger partial charge is 0.253 e. The topological polar surface area (TPSA) is 63.4 Å². The second-order valence-corrected chi connectivity index (χ2v) is 4.35. The standard InChI is InChI=1S/C14H18N2O3/c1-9(14(18-2)19-3)16-13(17)11-6-4-5-10-7-8-15-12(10)11/h4-9,14-15H,1-3H3,(H,16,17). The molecule has 2 N–H and O–H groups in total. The van der Waals surface area contributed by atoms with E-state index in [1.165, 1.54) is 0 Å². The molecule has 5 nitrogen and oxygen atoms in total. The van der Waals surface area contributed by atoms with Gasteiger partial charge in [-0.05, 0) is 19.1 Å². The summed E-state index contributed by atoms with van der Waals surface area (Å²) in [4.78, 5) is 15.3. The largest absolute Gasteiger partial charge is 0.361 e. The van der Waals surface area contributed by atoms with Gasteiger partial charge in [-0.25, -0.2) is 0 Å². The van der Waals surface area contributed by atoms with Crippen LogP contribution in [0.2, 0.25) is 0 Å². The summed E-state index contributed by atoms with van der Waals surface area (Å²) in [6.07, 6.45) is 1.35. The molecule has 0 spiro atoms. The van der Waals surface area contributed by atoms with Gasteiger partial charge in [0.1, 0.15) is 0 Å². The highest BCUT2D eigenvalue weighted by Crippen LogP contribution is 2.17. The number of carbonyl (C=O) groups excluding carboxylic acids is 1. The molecular weight excluding hydrogens is 244 g/mol. The van der Waals surface area contributed by atoms with Gasteiger partial charge in [-0.3, -0.25) is 4.79 Å². The zero-order chi connectivity index (χ0) is 13.8. The van der Waals surface area contributed by atoms with Crippen molar-refractivity contribution in [2.24, 2.45) is 0 Å². The summed E-state index contributed by atoms with van der Waals surface area (Å²) >= 11 is 0. The first-order chi connectivity index (χ1) is 9.17. The van der Waals surface area contributed by atoms with Crippen molar-refractivity contribution in [3.8, 4) is 0 Å². The summed E-state index contributed by atoms with van der Waals surface area (Å²) in [6, 6.07) is 7.30. The van der Waals surface area contributed by atoms with E-state index in [4.69, 9.17) is 9.47 Å². The molecule has 2 aromatic rings. The van der Waals surface area contributed by atoms with Crippen LogP contribution in [-0.2, 0) is 9.47 Å². The SMILES string of the molecule is COC(OC)C(C)NC(=O)c1cccc2cc[nH]c12. The molecule has 0 aliphatic rings. The molecule has 0 saturated carbocycles. The Labute approximate surface area is 111 Å². The molecule has 1 amide bonds. The molecule has 0 aliphatic carbocycles. The molecule has 0 bridgehead atoms. The summed E-state index contributed by atoms with van der Waals surface area (Å²) in [5.41, 5.74) is 1.44. The second-order valence-electron chi connectivity index (χ2n) is 4.35. The average Bonchev–Trinajstić information content (AvgIpc) is 2.87. The van der Waals surface area contributed by atoms with Crippen molar-refractivity contribution in [1.29, 1.82) is 0 Å². The highest BCUT2D eigenvalue weighted by molar-refractivity contribution is 6.05. The van der Waals surface area contributed by atoms with Crippen LogP contribution in [0.15, 0.2) is 30.5 Å². The maximum Gasteiger partial charge on any atom is 0.253 e. The van der Waals surface area contributed by atoms with E-state index in [1.807, 2.05) is 31.3 Å². The predicted octanol–water partition coefficient (Wildman–Crippen LogP) is 1.91. The van der Waals surface area contributed by atoms with E-state index in [-0.39, 0.29) is 11.9 Å². The van der Waals surface area contributed by atoms with Crippen LogP contribution < -0.4 is 5.32 Å². The third-order valence-corrected chi connectivity index (χ3v) is 3.06. The number of amides is 1. The molecule has 0 radical (unpaired) electrons. The van der Waals surface area contributed by atoms with Crippen molar-refractivity contribution in [1.82, 2.24) is 10.3 Å². The van der Waals surface area contributed by atoms with E-state index in [2.05, 4.69) is 10.3 Å². The first kappa shape index (κ1) is 13.6. The molecule has 1 heterocycles. The monoisotopic (exact) mass is 262 g/mol. The molecule has 0 aliphatic heterocycles. The van der Waals surface area contributed by atoms with Crippen molar-refractivity contribution in [3.63, 3.8) is 0 Å². The first-order valence-electron chi connectivity index (χ1n) is 6.10. The Hall–Kier alpha value is -1.85. The Morgan fingerprint density at radius 2 is 2.00 bits per heavy atom. The van der Waals surface area contributed by atoms with Gasteiger partial charge in [0.05, 0.1) is 17.1 Å². The van der Waals surface area contributed by atoms with E-state index >= 15 is 0 Å². The fraction of sp³-hybridized carbons (Fsp3) is 0.357. The molecule has 5 heteroatoms. The van der Waals surface area contributed by atoms with E-state index in [0.29, 0.717) is 5.56 Å². The number of para-hydroxylation sites is 1. The lowest BCUT2D eigenvalue weighted by molar-refractivity contribution is -0.117. The third kappa shape index (κ3) is 2.77. The number of ether oxygens (including phenoxy) is 2. The average molecular weight is 262 g/mol. The van der Waals surface area contributed by atoms with Crippen LogP contribution in [0.4, 0.5) is 0 Å². The van der Waals surface area contributed by atoms with Crippen molar-refractivity contribution < 1.29 is 14.3 Å². The summed E-state index contributed by atoms with van der Waals surface area (Å²) < 4.78 is 10.3. The number of fused-ring (bicyclic) bond motifs is 1. The van der Waals surface area contributed by atoms with Crippen LogP contribution in [0.25, 0.3) is 10.9 Å². The van der Waals surface area contributed by atoms with Gasteiger partial charge in [0.25, 0.3) is 5.91 Å². The number of H-pyrrole nitrogens is 1. The minimum absolute atomic E-state index is 0.153. The maximum absolute atomic E-state index is 12.3. The van der Waals surface area contributed by atoms with Gasteiger partial charge in [-0.2, -0.15) is 0 Å². The van der Waals surface area contributed by atoms with Gasteiger partial charge in [-0.15, -0.1) is 0 Å². The van der Waals surface area contributed by atoms with Crippen molar-refractivity contribution in [2.45, 2.75) is 19.3 Å². The fourth-order valence-electron chi connectivity index (χ4n) is 2.13.